The summed E-state index contributed by atoms with van der Waals surface area (Å²) in [5, 5.41) is 17.2. The lowest BCUT2D eigenvalue weighted by molar-refractivity contribution is 0.0691. The zero-order chi connectivity index (χ0) is 15.6. The van der Waals surface area contributed by atoms with Crippen LogP contribution in [0.4, 0.5) is 0 Å². The van der Waals surface area contributed by atoms with Gasteiger partial charge in [0.15, 0.2) is 5.69 Å². The molecule has 0 aliphatic heterocycles. The Morgan fingerprint density at radius 3 is 2.71 bits per heavy atom. The first kappa shape index (κ1) is 15.6. The third-order valence-corrected chi connectivity index (χ3v) is 5.36. The van der Waals surface area contributed by atoms with E-state index in [1.54, 1.807) is 13.8 Å². The number of carboxylic acids is 1. The monoisotopic (exact) mass is 330 g/mol. The largest absolute Gasteiger partial charge is 0.476 e. The van der Waals surface area contributed by atoms with Crippen molar-refractivity contribution in [3.8, 4) is 0 Å². The summed E-state index contributed by atoms with van der Waals surface area (Å²) in [4.78, 5) is 14.7. The predicted octanol–water partition coefficient (Wildman–Crippen LogP) is 0.702. The average Bonchev–Trinajstić information content (AvgIpc) is 2.96. The molecule has 0 spiro atoms. The number of rotatable bonds is 6. The minimum absolute atomic E-state index is 0.0284. The summed E-state index contributed by atoms with van der Waals surface area (Å²) in [7, 11) is -3.64. The first-order valence-electron chi connectivity index (χ1n) is 6.00. The van der Waals surface area contributed by atoms with Crippen molar-refractivity contribution in [1.82, 2.24) is 19.9 Å². The van der Waals surface area contributed by atoms with Crippen molar-refractivity contribution in [3.05, 3.63) is 27.5 Å². The number of hydrogen-bond acceptors (Lipinski definition) is 6. The molecule has 10 heteroatoms. The summed E-state index contributed by atoms with van der Waals surface area (Å²) in [6, 6.07) is 0. The molecule has 0 radical (unpaired) electrons. The summed E-state index contributed by atoms with van der Waals surface area (Å²) in [6.07, 6.45) is 0.327. The van der Waals surface area contributed by atoms with Gasteiger partial charge >= 0.3 is 5.97 Å². The van der Waals surface area contributed by atoms with Crippen LogP contribution in [-0.4, -0.2) is 41.2 Å². The maximum atomic E-state index is 12.2. The van der Waals surface area contributed by atoms with Crippen LogP contribution in [0.15, 0.2) is 10.3 Å². The highest BCUT2D eigenvalue weighted by atomic mass is 32.2. The Kier molecular flexibility index (Phi) is 4.40. The molecule has 0 saturated carbocycles. The van der Waals surface area contributed by atoms with Crippen LogP contribution < -0.4 is 4.72 Å². The van der Waals surface area contributed by atoms with Crippen molar-refractivity contribution in [2.24, 2.45) is 0 Å². The third kappa shape index (κ3) is 3.46. The molecule has 0 amide bonds. The number of hydrogen-bond donors (Lipinski definition) is 3. The smallest absolute Gasteiger partial charge is 0.355 e. The Bertz CT molecular complexity index is 744. The van der Waals surface area contributed by atoms with Crippen molar-refractivity contribution in [2.75, 3.05) is 6.54 Å². The number of aromatic carboxylic acids is 1. The van der Waals surface area contributed by atoms with Crippen LogP contribution in [0.3, 0.4) is 0 Å². The van der Waals surface area contributed by atoms with E-state index in [0.29, 0.717) is 22.8 Å². The third-order valence-electron chi connectivity index (χ3n) is 2.73. The molecule has 21 heavy (non-hydrogen) atoms. The standard InChI is InChI=1S/C11H14N4O4S2/c1-6-10(7(2)15-14-6)21(18,19)12-4-3-9-13-8(5-20-9)11(16)17/h5,12H,3-4H2,1-2H3,(H,14,15)(H,16,17). The zero-order valence-electron chi connectivity index (χ0n) is 11.4. The van der Waals surface area contributed by atoms with Crippen molar-refractivity contribution < 1.29 is 18.3 Å². The van der Waals surface area contributed by atoms with Crippen LogP contribution in [0.5, 0.6) is 0 Å². The highest BCUT2D eigenvalue weighted by Gasteiger charge is 2.21. The summed E-state index contributed by atoms with van der Waals surface area (Å²) >= 11 is 1.19. The maximum Gasteiger partial charge on any atom is 0.355 e. The minimum atomic E-state index is -3.64. The second-order valence-electron chi connectivity index (χ2n) is 4.34. The molecule has 2 heterocycles. The van der Waals surface area contributed by atoms with Crippen molar-refractivity contribution >= 4 is 27.3 Å². The Hall–Kier alpha value is -1.78. The lowest BCUT2D eigenvalue weighted by Gasteiger charge is -2.05. The molecule has 2 rings (SSSR count). The van der Waals surface area contributed by atoms with E-state index in [1.165, 1.54) is 16.7 Å². The molecule has 0 aliphatic rings. The van der Waals surface area contributed by atoms with E-state index in [9.17, 15) is 13.2 Å². The summed E-state index contributed by atoms with van der Waals surface area (Å²) in [5.41, 5.74) is 0.851. The van der Waals surface area contributed by atoms with Crippen LogP contribution in [0, 0.1) is 13.8 Å². The molecule has 0 fully saturated rings. The number of nitrogens with zero attached hydrogens (tertiary/aromatic N) is 2. The molecular formula is C11H14N4O4S2. The molecule has 2 aromatic heterocycles. The van der Waals surface area contributed by atoms with E-state index in [1.807, 2.05) is 0 Å². The summed E-state index contributed by atoms with van der Waals surface area (Å²) < 4.78 is 26.8. The summed E-state index contributed by atoms with van der Waals surface area (Å²) in [6.45, 7) is 3.38. The molecule has 0 bridgehead atoms. The van der Waals surface area contributed by atoms with Gasteiger partial charge in [0, 0.05) is 18.3 Å². The zero-order valence-corrected chi connectivity index (χ0v) is 13.0. The second-order valence-corrected chi connectivity index (χ2v) is 6.99. The Labute approximate surface area is 125 Å². The van der Waals surface area contributed by atoms with Gasteiger partial charge in [-0.2, -0.15) is 5.10 Å². The van der Waals surface area contributed by atoms with E-state index >= 15 is 0 Å². The molecule has 0 unspecified atom stereocenters. The van der Waals surface area contributed by atoms with E-state index in [0.717, 1.165) is 0 Å². The number of nitrogens with one attached hydrogen (secondary N) is 2. The molecule has 0 atom stereocenters. The highest BCUT2D eigenvalue weighted by molar-refractivity contribution is 7.89. The van der Waals surface area contributed by atoms with Gasteiger partial charge in [0.2, 0.25) is 10.0 Å². The number of sulfonamides is 1. The first-order valence-corrected chi connectivity index (χ1v) is 8.36. The van der Waals surface area contributed by atoms with Gasteiger partial charge in [-0.3, -0.25) is 5.10 Å². The Morgan fingerprint density at radius 2 is 2.19 bits per heavy atom. The quantitative estimate of drug-likeness (QED) is 0.716. The number of thiazole rings is 1. The van der Waals surface area contributed by atoms with Crippen molar-refractivity contribution in [1.29, 1.82) is 0 Å². The van der Waals surface area contributed by atoms with Crippen molar-refractivity contribution in [2.45, 2.75) is 25.2 Å². The lowest BCUT2D eigenvalue weighted by Crippen LogP contribution is -2.26. The van der Waals surface area contributed by atoms with Gasteiger partial charge in [0.25, 0.3) is 0 Å². The van der Waals surface area contributed by atoms with Crippen LogP contribution in [-0.2, 0) is 16.4 Å². The lowest BCUT2D eigenvalue weighted by atomic mass is 10.4. The molecule has 0 saturated heterocycles. The molecule has 0 aromatic carbocycles. The number of H-pyrrole nitrogens is 1. The van der Waals surface area contributed by atoms with Crippen molar-refractivity contribution in [3.63, 3.8) is 0 Å². The van der Waals surface area contributed by atoms with Crippen LogP contribution in [0.1, 0.15) is 26.9 Å². The Balaban J connectivity index is 2.01. The van der Waals surface area contributed by atoms with Gasteiger partial charge in [-0.15, -0.1) is 11.3 Å². The SMILES string of the molecule is Cc1n[nH]c(C)c1S(=O)(=O)NCCc1nc(C(=O)O)cs1. The highest BCUT2D eigenvalue weighted by Crippen LogP contribution is 2.16. The minimum Gasteiger partial charge on any atom is -0.476 e. The van der Waals surface area contributed by atoms with E-state index < -0.39 is 16.0 Å². The predicted molar refractivity (Wildman–Crippen MR) is 76.0 cm³/mol. The number of aromatic nitrogens is 3. The second kappa shape index (κ2) is 5.92. The molecule has 0 aliphatic carbocycles. The Morgan fingerprint density at radius 1 is 1.48 bits per heavy atom. The van der Waals surface area contributed by atoms with Gasteiger partial charge in [-0.1, -0.05) is 0 Å². The fourth-order valence-electron chi connectivity index (χ4n) is 1.83. The number of aryl methyl sites for hydroxylation is 2. The van der Waals surface area contributed by atoms with E-state index in [2.05, 4.69) is 19.9 Å². The van der Waals surface area contributed by atoms with Gasteiger partial charge in [0.1, 0.15) is 4.90 Å². The van der Waals surface area contributed by atoms with Gasteiger partial charge < -0.3 is 5.11 Å². The topological polar surface area (TPSA) is 125 Å². The van der Waals surface area contributed by atoms with Crippen LogP contribution in [0.2, 0.25) is 0 Å². The van der Waals surface area contributed by atoms with Gasteiger partial charge in [-0.25, -0.2) is 22.9 Å². The van der Waals surface area contributed by atoms with E-state index in [4.69, 9.17) is 5.11 Å². The fourth-order valence-corrected chi connectivity index (χ4v) is 4.00. The molecule has 3 N–H and O–H groups in total. The number of carboxylic acid groups (broad SMARTS) is 1. The number of aromatic amines is 1. The molecular weight excluding hydrogens is 316 g/mol. The van der Waals surface area contributed by atoms with Crippen LogP contribution in [0.25, 0.3) is 0 Å². The molecule has 8 nitrogen and oxygen atoms in total. The van der Waals surface area contributed by atoms with E-state index in [-0.39, 0.29) is 17.1 Å². The summed E-state index contributed by atoms with van der Waals surface area (Å²) in [5.74, 6) is -1.09. The first-order chi connectivity index (χ1) is 9.81. The molecule has 114 valence electrons. The van der Waals surface area contributed by atoms with Gasteiger partial charge in [-0.05, 0) is 13.8 Å². The average molecular weight is 330 g/mol. The maximum absolute atomic E-state index is 12.2. The van der Waals surface area contributed by atoms with Gasteiger partial charge in [0.05, 0.1) is 16.4 Å². The van der Waals surface area contributed by atoms with Crippen LogP contribution >= 0.6 is 11.3 Å². The normalized spacial score (nSPS) is 11.7. The fraction of sp³-hybridized carbons (Fsp3) is 0.364. The molecule has 2 aromatic rings. The number of carbonyl (C=O) groups is 1.